The first kappa shape index (κ1) is 20.0. The van der Waals surface area contributed by atoms with Crippen molar-refractivity contribution in [3.63, 3.8) is 0 Å². The van der Waals surface area contributed by atoms with Crippen LogP contribution in [-0.4, -0.2) is 27.0 Å². The molecule has 3 aromatic rings. The molecule has 30 heavy (non-hydrogen) atoms. The molecule has 2 atom stereocenters. The smallest absolute Gasteiger partial charge is 0.264 e. The summed E-state index contributed by atoms with van der Waals surface area (Å²) in [5.41, 5.74) is 1.37. The Morgan fingerprint density at radius 3 is 2.27 bits per heavy atom. The molecular formula is C23H22N2O4S. The van der Waals surface area contributed by atoms with Gasteiger partial charge in [0, 0.05) is 0 Å². The number of nitrogens with zero attached hydrogens (tertiary/aromatic N) is 1. The van der Waals surface area contributed by atoms with Gasteiger partial charge in [0.15, 0.2) is 6.10 Å². The highest BCUT2D eigenvalue weighted by atomic mass is 32.2. The molecule has 0 spiro atoms. The predicted octanol–water partition coefficient (Wildman–Crippen LogP) is 3.52. The first-order chi connectivity index (χ1) is 14.5. The molecule has 0 saturated carbocycles. The number of carbonyl (C=O) groups excluding carboxylic acids is 1. The number of anilines is 1. The topological polar surface area (TPSA) is 75.7 Å². The summed E-state index contributed by atoms with van der Waals surface area (Å²) in [6.45, 7) is 1.77. The molecule has 0 radical (unpaired) electrons. The van der Waals surface area contributed by atoms with Gasteiger partial charge >= 0.3 is 0 Å². The van der Waals surface area contributed by atoms with E-state index in [9.17, 15) is 13.2 Å². The number of hydrogen-bond donors (Lipinski definition) is 1. The number of sulfonamides is 1. The maximum Gasteiger partial charge on any atom is 0.264 e. The molecule has 0 saturated heterocycles. The number of nitrogens with one attached hydrogen (secondary N) is 1. The van der Waals surface area contributed by atoms with Gasteiger partial charge in [-0.3, -0.25) is 9.10 Å². The van der Waals surface area contributed by atoms with Gasteiger partial charge in [0.1, 0.15) is 5.75 Å². The van der Waals surface area contributed by atoms with E-state index in [0.717, 1.165) is 5.56 Å². The molecule has 6 nitrogen and oxygen atoms in total. The second kappa shape index (κ2) is 8.20. The third kappa shape index (κ3) is 3.89. The van der Waals surface area contributed by atoms with Crippen molar-refractivity contribution in [1.29, 1.82) is 0 Å². The average Bonchev–Trinajstić information content (AvgIpc) is 2.79. The van der Waals surface area contributed by atoms with Crippen LogP contribution in [0.4, 0.5) is 5.69 Å². The molecule has 1 amide bonds. The lowest BCUT2D eigenvalue weighted by Gasteiger charge is -2.35. The fourth-order valence-electron chi connectivity index (χ4n) is 3.42. The molecule has 3 aromatic carbocycles. The van der Waals surface area contributed by atoms with Gasteiger partial charge in [-0.1, -0.05) is 60.7 Å². The van der Waals surface area contributed by atoms with Crippen LogP contribution in [-0.2, 0) is 14.8 Å². The molecule has 4 rings (SSSR count). The summed E-state index contributed by atoms with van der Waals surface area (Å²) < 4.78 is 33.7. The van der Waals surface area contributed by atoms with Crippen molar-refractivity contribution in [3.05, 3.63) is 90.5 Å². The van der Waals surface area contributed by atoms with Gasteiger partial charge in [-0.25, -0.2) is 8.42 Å². The van der Waals surface area contributed by atoms with Gasteiger partial charge in [0.2, 0.25) is 0 Å². The molecule has 1 N–H and O–H groups in total. The van der Waals surface area contributed by atoms with E-state index in [1.807, 2.05) is 37.3 Å². The van der Waals surface area contributed by atoms with Crippen LogP contribution in [0.25, 0.3) is 0 Å². The van der Waals surface area contributed by atoms with Gasteiger partial charge in [-0.2, -0.15) is 0 Å². The van der Waals surface area contributed by atoms with Gasteiger partial charge in [-0.05, 0) is 36.8 Å². The van der Waals surface area contributed by atoms with Crippen LogP contribution in [0.5, 0.6) is 5.75 Å². The first-order valence-corrected chi connectivity index (χ1v) is 11.1. The van der Waals surface area contributed by atoms with Crippen molar-refractivity contribution in [3.8, 4) is 5.75 Å². The Kier molecular flexibility index (Phi) is 5.46. The standard InChI is InChI=1S/C23H22N2O4S/c1-17(18-10-4-2-5-11-18)24-23(26)22-16-25(20-14-8-9-15-21(20)29-22)30(27,28)19-12-6-3-7-13-19/h2-15,17,22H,16H2,1H3,(H,24,26)/t17-,22-/m0/s1. The molecule has 7 heteroatoms. The average molecular weight is 423 g/mol. The van der Waals surface area contributed by atoms with Crippen LogP contribution in [0.15, 0.2) is 89.8 Å². The van der Waals surface area contributed by atoms with E-state index in [1.54, 1.807) is 54.6 Å². The quantitative estimate of drug-likeness (QED) is 0.683. The molecule has 0 fully saturated rings. The van der Waals surface area contributed by atoms with E-state index >= 15 is 0 Å². The van der Waals surface area contributed by atoms with E-state index in [1.165, 1.54) is 4.31 Å². The number of rotatable bonds is 5. The van der Waals surface area contributed by atoms with E-state index < -0.39 is 16.1 Å². The maximum absolute atomic E-state index is 13.3. The largest absolute Gasteiger partial charge is 0.476 e. The number of carbonyl (C=O) groups is 1. The molecule has 0 unspecified atom stereocenters. The Morgan fingerprint density at radius 2 is 1.57 bits per heavy atom. The highest BCUT2D eigenvalue weighted by molar-refractivity contribution is 7.92. The molecule has 154 valence electrons. The molecule has 0 aromatic heterocycles. The number of amides is 1. The SMILES string of the molecule is C[C@H](NC(=O)[C@@H]1CN(S(=O)(=O)c2ccccc2)c2ccccc2O1)c1ccccc1. The second-order valence-corrected chi connectivity index (χ2v) is 8.93. The van der Waals surface area contributed by atoms with Crippen molar-refractivity contribution in [1.82, 2.24) is 5.32 Å². The number of hydrogen-bond acceptors (Lipinski definition) is 4. The lowest BCUT2D eigenvalue weighted by molar-refractivity contribution is -0.128. The molecular weight excluding hydrogens is 400 g/mol. The van der Waals surface area contributed by atoms with Crippen molar-refractivity contribution < 1.29 is 17.9 Å². The molecule has 1 aliphatic heterocycles. The number of benzene rings is 3. The third-order valence-corrected chi connectivity index (χ3v) is 6.81. The summed E-state index contributed by atoms with van der Waals surface area (Å²) in [4.78, 5) is 13.1. The summed E-state index contributed by atoms with van der Waals surface area (Å²) in [6, 6.07) is 24.3. The minimum atomic E-state index is -3.85. The summed E-state index contributed by atoms with van der Waals surface area (Å²) >= 11 is 0. The van der Waals surface area contributed by atoms with Crippen molar-refractivity contribution in [2.75, 3.05) is 10.8 Å². The zero-order valence-electron chi connectivity index (χ0n) is 16.4. The van der Waals surface area contributed by atoms with Crippen LogP contribution >= 0.6 is 0 Å². The summed E-state index contributed by atoms with van der Waals surface area (Å²) in [5.74, 6) is -0.00936. The molecule has 1 aliphatic rings. The van der Waals surface area contributed by atoms with Crippen LogP contribution in [0.2, 0.25) is 0 Å². The fourth-order valence-corrected chi connectivity index (χ4v) is 4.91. The third-order valence-electron chi connectivity index (χ3n) is 5.02. The van der Waals surface area contributed by atoms with E-state index in [2.05, 4.69) is 5.32 Å². The minimum absolute atomic E-state index is 0.110. The Bertz CT molecular complexity index is 1130. The Labute approximate surface area is 176 Å². The Balaban J connectivity index is 1.62. The molecule has 0 bridgehead atoms. The molecule has 1 heterocycles. The zero-order valence-corrected chi connectivity index (χ0v) is 17.2. The zero-order chi connectivity index (χ0) is 21.1. The number of fused-ring (bicyclic) bond motifs is 1. The summed E-state index contributed by atoms with van der Waals surface area (Å²) in [7, 11) is -3.85. The lowest BCUT2D eigenvalue weighted by atomic mass is 10.1. The van der Waals surface area contributed by atoms with E-state index in [-0.39, 0.29) is 23.4 Å². The first-order valence-electron chi connectivity index (χ1n) is 9.65. The number of ether oxygens (including phenoxy) is 1. The van der Waals surface area contributed by atoms with Gasteiger partial charge < -0.3 is 10.1 Å². The highest BCUT2D eigenvalue weighted by Gasteiger charge is 2.37. The van der Waals surface area contributed by atoms with Crippen LogP contribution in [0.3, 0.4) is 0 Å². The van der Waals surface area contributed by atoms with Crippen molar-refractivity contribution in [2.24, 2.45) is 0 Å². The predicted molar refractivity (Wildman–Crippen MR) is 115 cm³/mol. The Hall–Kier alpha value is -3.32. The fraction of sp³-hybridized carbons (Fsp3) is 0.174. The maximum atomic E-state index is 13.3. The van der Waals surface area contributed by atoms with Crippen molar-refractivity contribution in [2.45, 2.75) is 24.0 Å². The summed E-state index contributed by atoms with van der Waals surface area (Å²) in [5, 5.41) is 2.92. The highest BCUT2D eigenvalue weighted by Crippen LogP contribution is 2.36. The van der Waals surface area contributed by atoms with E-state index in [4.69, 9.17) is 4.74 Å². The second-order valence-electron chi connectivity index (χ2n) is 7.06. The van der Waals surface area contributed by atoms with Crippen LogP contribution in [0, 0.1) is 0 Å². The van der Waals surface area contributed by atoms with Crippen LogP contribution < -0.4 is 14.4 Å². The number of para-hydroxylation sites is 2. The van der Waals surface area contributed by atoms with Crippen LogP contribution in [0.1, 0.15) is 18.5 Å². The monoisotopic (exact) mass is 422 g/mol. The molecule has 0 aliphatic carbocycles. The van der Waals surface area contributed by atoms with Crippen molar-refractivity contribution >= 4 is 21.6 Å². The summed E-state index contributed by atoms with van der Waals surface area (Å²) in [6.07, 6.45) is -0.968. The normalized spacial score (nSPS) is 16.8. The van der Waals surface area contributed by atoms with E-state index in [0.29, 0.717) is 11.4 Å². The minimum Gasteiger partial charge on any atom is -0.476 e. The van der Waals surface area contributed by atoms with Gasteiger partial charge in [-0.15, -0.1) is 0 Å². The Morgan fingerprint density at radius 1 is 0.967 bits per heavy atom. The van der Waals surface area contributed by atoms with Gasteiger partial charge in [0.05, 0.1) is 23.2 Å². The van der Waals surface area contributed by atoms with Gasteiger partial charge in [0.25, 0.3) is 15.9 Å². The lowest BCUT2D eigenvalue weighted by Crippen LogP contribution is -2.51.